The van der Waals surface area contributed by atoms with Crippen molar-refractivity contribution in [3.05, 3.63) is 57.8 Å². The maximum Gasteiger partial charge on any atom is 0.270 e. The number of hydrogen-bond acceptors (Lipinski definition) is 3. The van der Waals surface area contributed by atoms with Crippen molar-refractivity contribution in [1.82, 2.24) is 10.3 Å². The summed E-state index contributed by atoms with van der Waals surface area (Å²) in [6.07, 6.45) is 1.60. The van der Waals surface area contributed by atoms with E-state index in [0.717, 1.165) is 21.3 Å². The number of benzene rings is 1. The molecule has 2 aromatic rings. The Morgan fingerprint density at radius 2 is 2.16 bits per heavy atom. The van der Waals surface area contributed by atoms with Crippen molar-refractivity contribution in [2.24, 2.45) is 0 Å². The van der Waals surface area contributed by atoms with Crippen LogP contribution in [-0.4, -0.2) is 10.9 Å². The highest BCUT2D eigenvalue weighted by atomic mass is 79.9. The summed E-state index contributed by atoms with van der Waals surface area (Å²) in [5, 5.41) is 2.83. The van der Waals surface area contributed by atoms with Crippen molar-refractivity contribution >= 4 is 27.5 Å². The number of halogens is 1. The van der Waals surface area contributed by atoms with Crippen LogP contribution in [-0.2, 0) is 6.54 Å². The van der Waals surface area contributed by atoms with Gasteiger partial charge in [-0.15, -0.1) is 0 Å². The van der Waals surface area contributed by atoms with Crippen LogP contribution < -0.4 is 11.1 Å². The molecule has 0 bridgehead atoms. The Morgan fingerprint density at radius 1 is 1.37 bits per heavy atom. The largest absolute Gasteiger partial charge is 0.399 e. The molecule has 4 nitrogen and oxygen atoms in total. The third-order valence-electron chi connectivity index (χ3n) is 2.89. The first kappa shape index (κ1) is 13.5. The van der Waals surface area contributed by atoms with Gasteiger partial charge in [-0.1, -0.05) is 12.1 Å². The molecule has 3 N–H and O–H groups in total. The number of nitrogens with one attached hydrogen (secondary N) is 1. The lowest BCUT2D eigenvalue weighted by Crippen LogP contribution is -2.24. The molecule has 1 aromatic heterocycles. The molecule has 0 spiro atoms. The number of nitrogen functional groups attached to an aromatic ring is 1. The third-order valence-corrected chi connectivity index (χ3v) is 3.36. The van der Waals surface area contributed by atoms with Gasteiger partial charge in [0.15, 0.2) is 0 Å². The Balaban J connectivity index is 2.04. The summed E-state index contributed by atoms with van der Waals surface area (Å²) < 4.78 is 0.843. The van der Waals surface area contributed by atoms with Crippen LogP contribution in [0.3, 0.4) is 0 Å². The fourth-order valence-electron chi connectivity index (χ4n) is 1.67. The maximum absolute atomic E-state index is 11.9. The lowest BCUT2D eigenvalue weighted by molar-refractivity contribution is 0.0946. The van der Waals surface area contributed by atoms with E-state index in [4.69, 9.17) is 5.73 Å². The van der Waals surface area contributed by atoms with Gasteiger partial charge in [-0.3, -0.25) is 4.79 Å². The molecule has 0 saturated carbocycles. The van der Waals surface area contributed by atoms with Crippen LogP contribution in [0.25, 0.3) is 0 Å². The van der Waals surface area contributed by atoms with E-state index in [0.29, 0.717) is 12.2 Å². The second kappa shape index (κ2) is 5.84. The summed E-state index contributed by atoms with van der Waals surface area (Å²) >= 11 is 3.28. The molecule has 0 aliphatic heterocycles. The molecule has 0 radical (unpaired) electrons. The minimum Gasteiger partial charge on any atom is -0.399 e. The SMILES string of the molecule is Cc1c(N)cccc1CNC(=O)c1ccc(Br)cn1. The molecule has 0 fully saturated rings. The number of aromatic nitrogens is 1. The van der Waals surface area contributed by atoms with E-state index < -0.39 is 0 Å². The molecular weight excluding hydrogens is 306 g/mol. The Hall–Kier alpha value is -1.88. The third kappa shape index (κ3) is 3.32. The van der Waals surface area contributed by atoms with E-state index in [9.17, 15) is 4.79 Å². The van der Waals surface area contributed by atoms with Crippen LogP contribution in [0.15, 0.2) is 41.0 Å². The van der Waals surface area contributed by atoms with E-state index in [1.807, 2.05) is 25.1 Å². The fourth-order valence-corrected chi connectivity index (χ4v) is 1.91. The van der Waals surface area contributed by atoms with Gasteiger partial charge in [0.25, 0.3) is 5.91 Å². The van der Waals surface area contributed by atoms with E-state index in [-0.39, 0.29) is 5.91 Å². The lowest BCUT2D eigenvalue weighted by Gasteiger charge is -2.09. The van der Waals surface area contributed by atoms with Gasteiger partial charge in [-0.05, 0) is 52.2 Å². The average Bonchev–Trinajstić information content (AvgIpc) is 2.41. The summed E-state index contributed by atoms with van der Waals surface area (Å²) in [4.78, 5) is 16.0. The first-order valence-corrected chi connectivity index (χ1v) is 6.61. The molecule has 0 saturated heterocycles. The number of carbonyl (C=O) groups is 1. The number of pyridine rings is 1. The minimum absolute atomic E-state index is 0.200. The standard InChI is InChI=1S/C14H14BrN3O/c1-9-10(3-2-4-12(9)16)7-18-14(19)13-6-5-11(15)8-17-13/h2-6,8H,7,16H2,1H3,(H,18,19). The summed E-state index contributed by atoms with van der Waals surface area (Å²) in [7, 11) is 0. The summed E-state index contributed by atoms with van der Waals surface area (Å²) in [5.74, 6) is -0.200. The predicted molar refractivity (Wildman–Crippen MR) is 78.7 cm³/mol. The second-order valence-electron chi connectivity index (χ2n) is 4.18. The van der Waals surface area contributed by atoms with Gasteiger partial charge in [-0.2, -0.15) is 0 Å². The number of rotatable bonds is 3. The van der Waals surface area contributed by atoms with Crippen molar-refractivity contribution in [2.45, 2.75) is 13.5 Å². The second-order valence-corrected chi connectivity index (χ2v) is 5.09. The Labute approximate surface area is 120 Å². The molecule has 5 heteroatoms. The van der Waals surface area contributed by atoms with Gasteiger partial charge in [0, 0.05) is 22.9 Å². The van der Waals surface area contributed by atoms with E-state index in [1.54, 1.807) is 18.3 Å². The zero-order valence-corrected chi connectivity index (χ0v) is 12.1. The van der Waals surface area contributed by atoms with Gasteiger partial charge in [0.05, 0.1) is 0 Å². The molecule has 0 aliphatic rings. The van der Waals surface area contributed by atoms with Crippen LogP contribution in [0.2, 0.25) is 0 Å². The minimum atomic E-state index is -0.200. The molecule has 98 valence electrons. The zero-order chi connectivity index (χ0) is 13.8. The summed E-state index contributed by atoms with van der Waals surface area (Å²) in [6.45, 7) is 2.38. The highest BCUT2D eigenvalue weighted by molar-refractivity contribution is 9.10. The number of hydrogen-bond donors (Lipinski definition) is 2. The van der Waals surface area contributed by atoms with Gasteiger partial charge >= 0.3 is 0 Å². The summed E-state index contributed by atoms with van der Waals surface area (Å²) in [5.41, 5.74) is 8.95. The molecule has 0 atom stereocenters. The van der Waals surface area contributed by atoms with E-state index >= 15 is 0 Å². The fraction of sp³-hybridized carbons (Fsp3) is 0.143. The number of nitrogens with zero attached hydrogens (tertiary/aromatic N) is 1. The topological polar surface area (TPSA) is 68.0 Å². The molecule has 1 aromatic carbocycles. The lowest BCUT2D eigenvalue weighted by atomic mass is 10.1. The Bertz CT molecular complexity index is 596. The van der Waals surface area contributed by atoms with E-state index in [1.165, 1.54) is 0 Å². The van der Waals surface area contributed by atoms with Crippen LogP contribution in [0.1, 0.15) is 21.6 Å². The first-order valence-electron chi connectivity index (χ1n) is 5.81. The monoisotopic (exact) mass is 319 g/mol. The van der Waals surface area contributed by atoms with Crippen LogP contribution in [0.4, 0.5) is 5.69 Å². The van der Waals surface area contributed by atoms with Crippen molar-refractivity contribution < 1.29 is 4.79 Å². The number of carbonyl (C=O) groups excluding carboxylic acids is 1. The molecule has 1 heterocycles. The number of amides is 1. The highest BCUT2D eigenvalue weighted by Crippen LogP contribution is 2.15. The smallest absolute Gasteiger partial charge is 0.270 e. The van der Waals surface area contributed by atoms with Crippen LogP contribution >= 0.6 is 15.9 Å². The number of anilines is 1. The van der Waals surface area contributed by atoms with Crippen molar-refractivity contribution in [3.63, 3.8) is 0 Å². The highest BCUT2D eigenvalue weighted by Gasteiger charge is 2.08. The molecule has 19 heavy (non-hydrogen) atoms. The average molecular weight is 320 g/mol. The van der Waals surface area contributed by atoms with Crippen LogP contribution in [0.5, 0.6) is 0 Å². The molecular formula is C14H14BrN3O. The maximum atomic E-state index is 11.9. The summed E-state index contributed by atoms with van der Waals surface area (Å²) in [6, 6.07) is 9.12. The molecule has 2 rings (SSSR count). The van der Waals surface area contributed by atoms with Crippen LogP contribution in [0, 0.1) is 6.92 Å². The first-order chi connectivity index (χ1) is 9.08. The molecule has 1 amide bonds. The van der Waals surface area contributed by atoms with Crippen molar-refractivity contribution in [1.29, 1.82) is 0 Å². The normalized spacial score (nSPS) is 10.2. The Kier molecular flexibility index (Phi) is 4.16. The van der Waals surface area contributed by atoms with Crippen molar-refractivity contribution in [2.75, 3.05) is 5.73 Å². The van der Waals surface area contributed by atoms with Gasteiger partial charge < -0.3 is 11.1 Å². The number of nitrogens with two attached hydrogens (primary N) is 1. The van der Waals surface area contributed by atoms with Gasteiger partial charge in [-0.25, -0.2) is 4.98 Å². The molecule has 0 aliphatic carbocycles. The van der Waals surface area contributed by atoms with E-state index in [2.05, 4.69) is 26.2 Å². The quantitative estimate of drug-likeness (QED) is 0.855. The van der Waals surface area contributed by atoms with Gasteiger partial charge in [0.1, 0.15) is 5.69 Å². The van der Waals surface area contributed by atoms with Gasteiger partial charge in [0.2, 0.25) is 0 Å². The zero-order valence-electron chi connectivity index (χ0n) is 10.5. The Morgan fingerprint density at radius 3 is 2.84 bits per heavy atom. The molecule has 0 unspecified atom stereocenters. The van der Waals surface area contributed by atoms with Crippen molar-refractivity contribution in [3.8, 4) is 0 Å². The predicted octanol–water partition coefficient (Wildman–Crippen LogP) is 2.66.